The zero-order valence-electron chi connectivity index (χ0n) is 12.6. The number of aryl methyl sites for hydroxylation is 2. The van der Waals surface area contributed by atoms with E-state index >= 15 is 0 Å². The summed E-state index contributed by atoms with van der Waals surface area (Å²) in [7, 11) is 0. The fourth-order valence-corrected chi connectivity index (χ4v) is 2.40. The van der Waals surface area contributed by atoms with E-state index in [4.69, 9.17) is 9.47 Å². The Morgan fingerprint density at radius 2 is 1.77 bits per heavy atom. The molecule has 0 saturated carbocycles. The van der Waals surface area contributed by atoms with Crippen LogP contribution < -0.4 is 14.8 Å². The third kappa shape index (κ3) is 3.39. The van der Waals surface area contributed by atoms with E-state index in [0.717, 1.165) is 29.2 Å². The summed E-state index contributed by atoms with van der Waals surface area (Å²) in [5.41, 5.74) is 3.17. The molecule has 1 aliphatic heterocycles. The van der Waals surface area contributed by atoms with Crippen molar-refractivity contribution in [2.45, 2.75) is 26.2 Å². The van der Waals surface area contributed by atoms with E-state index < -0.39 is 0 Å². The first-order valence-corrected chi connectivity index (χ1v) is 7.52. The minimum Gasteiger partial charge on any atom is -0.454 e. The van der Waals surface area contributed by atoms with Gasteiger partial charge in [-0.25, -0.2) is 0 Å². The van der Waals surface area contributed by atoms with Crippen LogP contribution in [0.1, 0.15) is 24.5 Å². The number of anilines is 1. The summed E-state index contributed by atoms with van der Waals surface area (Å²) in [6, 6.07) is 13.7. The fourth-order valence-electron chi connectivity index (χ4n) is 2.40. The van der Waals surface area contributed by atoms with Gasteiger partial charge in [0.25, 0.3) is 0 Å². The normalized spacial score (nSPS) is 12.2. The Balaban J connectivity index is 1.53. The van der Waals surface area contributed by atoms with Crippen LogP contribution in [-0.2, 0) is 17.6 Å². The molecular formula is C18H19NO3. The van der Waals surface area contributed by atoms with Gasteiger partial charge in [0.2, 0.25) is 12.7 Å². The van der Waals surface area contributed by atoms with Crippen LogP contribution in [0.5, 0.6) is 11.5 Å². The Hall–Kier alpha value is -2.49. The Morgan fingerprint density at radius 1 is 1.05 bits per heavy atom. The monoisotopic (exact) mass is 297 g/mol. The fraction of sp³-hybridized carbons (Fsp3) is 0.278. The average molecular weight is 297 g/mol. The van der Waals surface area contributed by atoms with Crippen LogP contribution in [0.2, 0.25) is 0 Å². The standard InChI is InChI=1S/C18H19NO3/c1-2-13-3-7-15(8-4-13)19-18(20)10-6-14-5-9-16-17(11-14)22-12-21-16/h3-5,7-9,11H,2,6,10,12H2,1H3,(H,19,20). The molecule has 2 aromatic rings. The molecule has 0 radical (unpaired) electrons. The number of nitrogens with one attached hydrogen (secondary N) is 1. The summed E-state index contributed by atoms with van der Waals surface area (Å²) in [5.74, 6) is 1.54. The van der Waals surface area contributed by atoms with Gasteiger partial charge in [-0.05, 0) is 48.2 Å². The minimum absolute atomic E-state index is 0.0157. The molecule has 3 rings (SSSR count). The first-order chi connectivity index (χ1) is 10.7. The first kappa shape index (κ1) is 14.4. The Bertz CT molecular complexity index is 665. The maximum Gasteiger partial charge on any atom is 0.231 e. The summed E-state index contributed by atoms with van der Waals surface area (Å²) in [5, 5.41) is 2.92. The summed E-state index contributed by atoms with van der Waals surface area (Å²) in [6.07, 6.45) is 2.11. The quantitative estimate of drug-likeness (QED) is 0.918. The number of rotatable bonds is 5. The van der Waals surface area contributed by atoms with Crippen LogP contribution in [0, 0.1) is 0 Å². The predicted molar refractivity (Wildman–Crippen MR) is 85.3 cm³/mol. The van der Waals surface area contributed by atoms with Gasteiger partial charge in [-0.2, -0.15) is 0 Å². The molecule has 4 heteroatoms. The largest absolute Gasteiger partial charge is 0.454 e. The first-order valence-electron chi connectivity index (χ1n) is 7.52. The lowest BCUT2D eigenvalue weighted by Gasteiger charge is -2.06. The van der Waals surface area contributed by atoms with Gasteiger partial charge in [0.1, 0.15) is 0 Å². The van der Waals surface area contributed by atoms with Crippen molar-refractivity contribution >= 4 is 11.6 Å². The molecule has 0 fully saturated rings. The Kier molecular flexibility index (Phi) is 4.28. The van der Waals surface area contributed by atoms with Crippen molar-refractivity contribution in [3.8, 4) is 11.5 Å². The second-order valence-electron chi connectivity index (χ2n) is 5.29. The zero-order valence-corrected chi connectivity index (χ0v) is 12.6. The molecule has 0 aliphatic carbocycles. The highest BCUT2D eigenvalue weighted by molar-refractivity contribution is 5.90. The summed E-state index contributed by atoms with van der Waals surface area (Å²) in [6.45, 7) is 2.38. The van der Waals surface area contributed by atoms with E-state index in [1.54, 1.807) is 0 Å². The number of ether oxygens (including phenoxy) is 2. The van der Waals surface area contributed by atoms with E-state index in [9.17, 15) is 4.79 Å². The average Bonchev–Trinajstić information content (AvgIpc) is 3.01. The van der Waals surface area contributed by atoms with Crippen molar-refractivity contribution in [3.05, 3.63) is 53.6 Å². The predicted octanol–water partition coefficient (Wildman–Crippen LogP) is 3.55. The zero-order chi connectivity index (χ0) is 15.4. The lowest BCUT2D eigenvalue weighted by Crippen LogP contribution is -2.12. The van der Waals surface area contributed by atoms with Crippen molar-refractivity contribution in [1.82, 2.24) is 0 Å². The number of carbonyl (C=O) groups excluding carboxylic acids is 1. The molecule has 4 nitrogen and oxygen atoms in total. The number of amides is 1. The smallest absolute Gasteiger partial charge is 0.231 e. The third-order valence-corrected chi connectivity index (χ3v) is 3.72. The highest BCUT2D eigenvalue weighted by atomic mass is 16.7. The van der Waals surface area contributed by atoms with Gasteiger partial charge in [-0.15, -0.1) is 0 Å². The topological polar surface area (TPSA) is 47.6 Å². The van der Waals surface area contributed by atoms with Gasteiger partial charge in [0, 0.05) is 12.1 Å². The second kappa shape index (κ2) is 6.52. The van der Waals surface area contributed by atoms with Crippen LogP contribution in [0.15, 0.2) is 42.5 Å². The van der Waals surface area contributed by atoms with Crippen LogP contribution in [0.25, 0.3) is 0 Å². The van der Waals surface area contributed by atoms with Crippen molar-refractivity contribution in [2.75, 3.05) is 12.1 Å². The molecule has 0 atom stereocenters. The molecule has 1 aliphatic rings. The molecule has 114 valence electrons. The molecule has 0 spiro atoms. The van der Waals surface area contributed by atoms with E-state index in [1.807, 2.05) is 42.5 Å². The molecule has 0 bridgehead atoms. The number of fused-ring (bicyclic) bond motifs is 1. The lowest BCUT2D eigenvalue weighted by atomic mass is 10.1. The molecule has 0 unspecified atom stereocenters. The van der Waals surface area contributed by atoms with Crippen LogP contribution >= 0.6 is 0 Å². The SMILES string of the molecule is CCc1ccc(NC(=O)CCc2ccc3c(c2)OCO3)cc1. The molecule has 1 amide bonds. The van der Waals surface area contributed by atoms with Gasteiger partial charge >= 0.3 is 0 Å². The van der Waals surface area contributed by atoms with Gasteiger partial charge in [-0.3, -0.25) is 4.79 Å². The van der Waals surface area contributed by atoms with Gasteiger partial charge in [0.05, 0.1) is 0 Å². The van der Waals surface area contributed by atoms with Crippen molar-refractivity contribution < 1.29 is 14.3 Å². The number of hydrogen-bond acceptors (Lipinski definition) is 3. The van der Waals surface area contributed by atoms with Gasteiger partial charge < -0.3 is 14.8 Å². The number of carbonyl (C=O) groups is 1. The molecule has 0 saturated heterocycles. The van der Waals surface area contributed by atoms with Crippen molar-refractivity contribution in [3.63, 3.8) is 0 Å². The highest BCUT2D eigenvalue weighted by Crippen LogP contribution is 2.32. The molecule has 2 aromatic carbocycles. The van der Waals surface area contributed by atoms with E-state index in [2.05, 4.69) is 12.2 Å². The van der Waals surface area contributed by atoms with Crippen LogP contribution in [-0.4, -0.2) is 12.7 Å². The third-order valence-electron chi connectivity index (χ3n) is 3.72. The molecule has 1 N–H and O–H groups in total. The van der Waals surface area contributed by atoms with Crippen molar-refractivity contribution in [2.24, 2.45) is 0 Å². The molecular weight excluding hydrogens is 278 g/mol. The maximum absolute atomic E-state index is 12.0. The molecule has 0 aromatic heterocycles. The number of benzene rings is 2. The molecule has 22 heavy (non-hydrogen) atoms. The summed E-state index contributed by atoms with van der Waals surface area (Å²) in [4.78, 5) is 12.0. The van der Waals surface area contributed by atoms with Crippen LogP contribution in [0.3, 0.4) is 0 Å². The molecule has 1 heterocycles. The minimum atomic E-state index is 0.0157. The van der Waals surface area contributed by atoms with Crippen molar-refractivity contribution in [1.29, 1.82) is 0 Å². The van der Waals surface area contributed by atoms with E-state index in [-0.39, 0.29) is 12.7 Å². The Labute approximate surface area is 130 Å². The van der Waals surface area contributed by atoms with Gasteiger partial charge in [0.15, 0.2) is 11.5 Å². The van der Waals surface area contributed by atoms with E-state index in [0.29, 0.717) is 12.8 Å². The second-order valence-corrected chi connectivity index (χ2v) is 5.29. The highest BCUT2D eigenvalue weighted by Gasteiger charge is 2.13. The summed E-state index contributed by atoms with van der Waals surface area (Å²) < 4.78 is 10.6. The Morgan fingerprint density at radius 3 is 2.55 bits per heavy atom. The number of hydrogen-bond donors (Lipinski definition) is 1. The summed E-state index contributed by atoms with van der Waals surface area (Å²) >= 11 is 0. The van der Waals surface area contributed by atoms with Gasteiger partial charge in [-0.1, -0.05) is 25.1 Å². The lowest BCUT2D eigenvalue weighted by molar-refractivity contribution is -0.116. The van der Waals surface area contributed by atoms with Crippen LogP contribution in [0.4, 0.5) is 5.69 Å². The maximum atomic E-state index is 12.0. The van der Waals surface area contributed by atoms with E-state index in [1.165, 1.54) is 5.56 Å².